The number of carbonyl (C=O) groups is 2. The molecule has 2 aliphatic heterocycles. The first-order valence-corrected chi connectivity index (χ1v) is 11.4. The van der Waals surface area contributed by atoms with Crippen molar-refractivity contribution >= 4 is 53.1 Å². The summed E-state index contributed by atoms with van der Waals surface area (Å²) < 4.78 is 0. The molecule has 0 aromatic heterocycles. The number of benzene rings is 2. The highest BCUT2D eigenvalue weighted by Crippen LogP contribution is 2.22. The minimum Gasteiger partial charge on any atom is -0.352 e. The van der Waals surface area contributed by atoms with Crippen LogP contribution >= 0.6 is 24.0 Å². The molecular weight excluding hydrogens is 529 g/mol. The standard InChI is InChI=1S/C25H31N5O2.HI/c1-26-25(28-18-20-9-13-22(14-10-20)30-16-4-6-24(30)32)27-17-19-7-11-21(12-8-19)29-15-3-2-5-23(29)31;/h7-14H,2-6,15-18H2,1H3,(H2,26,27,28);1H. The van der Waals surface area contributed by atoms with Crippen LogP contribution in [0.25, 0.3) is 0 Å². The first kappa shape index (κ1) is 25.0. The number of anilines is 2. The Bertz CT molecular complexity index is 975. The van der Waals surface area contributed by atoms with Crippen molar-refractivity contribution in [3.8, 4) is 0 Å². The summed E-state index contributed by atoms with van der Waals surface area (Å²) in [6, 6.07) is 16.2. The normalized spacial score (nSPS) is 16.6. The third kappa shape index (κ3) is 6.46. The van der Waals surface area contributed by atoms with Crippen LogP contribution in [0.15, 0.2) is 53.5 Å². The summed E-state index contributed by atoms with van der Waals surface area (Å²) in [7, 11) is 1.75. The van der Waals surface area contributed by atoms with Crippen LogP contribution in [0.1, 0.15) is 43.2 Å². The van der Waals surface area contributed by atoms with Gasteiger partial charge in [-0.3, -0.25) is 14.6 Å². The van der Waals surface area contributed by atoms with Gasteiger partial charge in [0.15, 0.2) is 5.96 Å². The van der Waals surface area contributed by atoms with E-state index >= 15 is 0 Å². The van der Waals surface area contributed by atoms with Crippen LogP contribution in [0.2, 0.25) is 0 Å². The van der Waals surface area contributed by atoms with E-state index in [1.54, 1.807) is 7.05 Å². The molecule has 7 nitrogen and oxygen atoms in total. The van der Waals surface area contributed by atoms with E-state index in [9.17, 15) is 9.59 Å². The van der Waals surface area contributed by atoms with E-state index in [4.69, 9.17) is 0 Å². The number of amides is 2. The van der Waals surface area contributed by atoms with Crippen LogP contribution < -0.4 is 20.4 Å². The average molecular weight is 561 g/mol. The third-order valence-electron chi connectivity index (χ3n) is 6.04. The van der Waals surface area contributed by atoms with E-state index in [0.29, 0.717) is 25.9 Å². The lowest BCUT2D eigenvalue weighted by Gasteiger charge is -2.26. The highest BCUT2D eigenvalue weighted by atomic mass is 127. The van der Waals surface area contributed by atoms with E-state index in [0.717, 1.165) is 60.8 Å². The first-order valence-electron chi connectivity index (χ1n) is 11.4. The minimum atomic E-state index is 0. The summed E-state index contributed by atoms with van der Waals surface area (Å²) in [5.74, 6) is 1.14. The van der Waals surface area contributed by atoms with Gasteiger partial charge < -0.3 is 20.4 Å². The van der Waals surface area contributed by atoms with Crippen LogP contribution in [0.5, 0.6) is 0 Å². The van der Waals surface area contributed by atoms with Crippen molar-refractivity contribution in [2.45, 2.75) is 45.2 Å². The van der Waals surface area contributed by atoms with Gasteiger partial charge in [-0.1, -0.05) is 24.3 Å². The molecule has 0 saturated carbocycles. The van der Waals surface area contributed by atoms with Gasteiger partial charge in [-0.25, -0.2) is 0 Å². The Labute approximate surface area is 212 Å². The molecule has 8 heteroatoms. The fourth-order valence-electron chi connectivity index (χ4n) is 4.18. The molecule has 0 bridgehead atoms. The molecule has 2 aromatic rings. The van der Waals surface area contributed by atoms with Crippen molar-refractivity contribution in [3.63, 3.8) is 0 Å². The first-order chi connectivity index (χ1) is 15.6. The van der Waals surface area contributed by atoms with E-state index in [-0.39, 0.29) is 35.8 Å². The molecule has 2 aromatic carbocycles. The number of aliphatic imine (C=N–C) groups is 1. The highest BCUT2D eigenvalue weighted by molar-refractivity contribution is 14.0. The molecule has 4 rings (SSSR count). The molecule has 0 unspecified atom stereocenters. The Morgan fingerprint density at radius 1 is 0.758 bits per heavy atom. The maximum Gasteiger partial charge on any atom is 0.227 e. The van der Waals surface area contributed by atoms with E-state index < -0.39 is 0 Å². The Hall–Kier alpha value is -2.62. The van der Waals surface area contributed by atoms with E-state index in [1.165, 1.54) is 0 Å². The maximum absolute atomic E-state index is 12.1. The van der Waals surface area contributed by atoms with E-state index in [1.807, 2.05) is 46.2 Å². The quantitative estimate of drug-likeness (QED) is 0.320. The molecule has 2 aliphatic rings. The number of halogens is 1. The number of hydrogen-bond acceptors (Lipinski definition) is 3. The van der Waals surface area contributed by atoms with Crippen LogP contribution in [0.3, 0.4) is 0 Å². The van der Waals surface area contributed by atoms with Crippen LogP contribution in [0, 0.1) is 0 Å². The number of carbonyl (C=O) groups excluding carboxylic acids is 2. The van der Waals surface area contributed by atoms with Gasteiger partial charge in [0.1, 0.15) is 0 Å². The minimum absolute atomic E-state index is 0. The van der Waals surface area contributed by atoms with Gasteiger partial charge in [-0.2, -0.15) is 0 Å². The van der Waals surface area contributed by atoms with Gasteiger partial charge in [0.2, 0.25) is 11.8 Å². The zero-order valence-corrected chi connectivity index (χ0v) is 21.4. The van der Waals surface area contributed by atoms with Crippen molar-refractivity contribution < 1.29 is 9.59 Å². The van der Waals surface area contributed by atoms with Gasteiger partial charge in [0.25, 0.3) is 0 Å². The number of guanidine groups is 1. The Kier molecular flexibility index (Phi) is 9.11. The summed E-state index contributed by atoms with van der Waals surface area (Å²) in [5.41, 5.74) is 4.19. The Morgan fingerprint density at radius 3 is 1.64 bits per heavy atom. The monoisotopic (exact) mass is 561 g/mol. The highest BCUT2D eigenvalue weighted by Gasteiger charge is 2.21. The summed E-state index contributed by atoms with van der Waals surface area (Å²) in [6.07, 6.45) is 4.28. The molecule has 2 amide bonds. The molecule has 33 heavy (non-hydrogen) atoms. The lowest BCUT2D eigenvalue weighted by atomic mass is 10.1. The maximum atomic E-state index is 12.1. The summed E-state index contributed by atoms with van der Waals surface area (Å²) in [5, 5.41) is 6.66. The molecular formula is C25H32IN5O2. The van der Waals surface area contributed by atoms with Gasteiger partial charge in [-0.05, 0) is 54.7 Å². The van der Waals surface area contributed by atoms with Crippen LogP contribution in [-0.2, 0) is 22.7 Å². The lowest BCUT2D eigenvalue weighted by Crippen LogP contribution is -2.36. The summed E-state index contributed by atoms with van der Waals surface area (Å²) in [4.78, 5) is 32.0. The predicted molar refractivity (Wildman–Crippen MR) is 143 cm³/mol. The number of hydrogen-bond donors (Lipinski definition) is 2. The Balaban J connectivity index is 0.00000306. The van der Waals surface area contributed by atoms with Crippen molar-refractivity contribution in [2.75, 3.05) is 29.9 Å². The fraction of sp³-hybridized carbons (Fsp3) is 0.400. The van der Waals surface area contributed by atoms with Crippen molar-refractivity contribution in [1.82, 2.24) is 10.6 Å². The zero-order chi connectivity index (χ0) is 22.3. The van der Waals surface area contributed by atoms with Crippen molar-refractivity contribution in [1.29, 1.82) is 0 Å². The second-order valence-corrected chi connectivity index (χ2v) is 8.26. The molecule has 0 spiro atoms. The number of nitrogens with one attached hydrogen (secondary N) is 2. The molecule has 2 N–H and O–H groups in total. The number of rotatable bonds is 6. The Morgan fingerprint density at radius 2 is 1.21 bits per heavy atom. The summed E-state index contributed by atoms with van der Waals surface area (Å²) >= 11 is 0. The predicted octanol–water partition coefficient (Wildman–Crippen LogP) is 3.81. The third-order valence-corrected chi connectivity index (χ3v) is 6.04. The van der Waals surface area contributed by atoms with Gasteiger partial charge in [0.05, 0.1) is 0 Å². The second-order valence-electron chi connectivity index (χ2n) is 8.26. The molecule has 0 aliphatic carbocycles. The topological polar surface area (TPSA) is 77.0 Å². The molecule has 2 saturated heterocycles. The molecule has 0 atom stereocenters. The van der Waals surface area contributed by atoms with Crippen LogP contribution in [0.4, 0.5) is 11.4 Å². The van der Waals surface area contributed by atoms with Gasteiger partial charge in [-0.15, -0.1) is 24.0 Å². The largest absolute Gasteiger partial charge is 0.352 e. The number of nitrogens with zero attached hydrogens (tertiary/aromatic N) is 3. The fourth-order valence-corrected chi connectivity index (χ4v) is 4.18. The van der Waals surface area contributed by atoms with Crippen molar-refractivity contribution in [2.24, 2.45) is 4.99 Å². The lowest BCUT2D eigenvalue weighted by molar-refractivity contribution is -0.119. The van der Waals surface area contributed by atoms with Crippen molar-refractivity contribution in [3.05, 3.63) is 59.7 Å². The second kappa shape index (κ2) is 12.0. The molecule has 2 heterocycles. The smallest absolute Gasteiger partial charge is 0.227 e. The molecule has 2 fully saturated rings. The average Bonchev–Trinajstić information content (AvgIpc) is 3.26. The van der Waals surface area contributed by atoms with Gasteiger partial charge in [0, 0.05) is 57.4 Å². The SMILES string of the molecule is CN=C(NCc1ccc(N2CCCCC2=O)cc1)NCc1ccc(N2CCCC2=O)cc1.I. The van der Waals surface area contributed by atoms with Gasteiger partial charge >= 0.3 is 0 Å². The summed E-state index contributed by atoms with van der Waals surface area (Å²) in [6.45, 7) is 2.90. The van der Waals surface area contributed by atoms with E-state index in [2.05, 4.69) is 27.8 Å². The zero-order valence-electron chi connectivity index (χ0n) is 19.0. The van der Waals surface area contributed by atoms with Crippen LogP contribution in [-0.4, -0.2) is 37.9 Å². The number of piperidine rings is 1. The molecule has 0 radical (unpaired) electrons. The molecule has 176 valence electrons.